The minimum absolute atomic E-state index is 0.0909. The van der Waals surface area contributed by atoms with Gasteiger partial charge in [-0.2, -0.15) is 0 Å². The molecule has 0 bridgehead atoms. The third kappa shape index (κ3) is 3.97. The van der Waals surface area contributed by atoms with Crippen LogP contribution in [0.3, 0.4) is 0 Å². The van der Waals surface area contributed by atoms with Crippen molar-refractivity contribution in [2.24, 2.45) is 0 Å². The van der Waals surface area contributed by atoms with Crippen molar-refractivity contribution in [3.63, 3.8) is 0 Å². The van der Waals surface area contributed by atoms with Crippen LogP contribution in [-0.2, 0) is 11.2 Å². The Labute approximate surface area is 142 Å². The van der Waals surface area contributed by atoms with E-state index in [-0.39, 0.29) is 17.2 Å². The lowest BCUT2D eigenvalue weighted by molar-refractivity contribution is -0.121. The number of aryl methyl sites for hydroxylation is 2. The summed E-state index contributed by atoms with van der Waals surface area (Å²) in [4.78, 5) is 13.7. The highest BCUT2D eigenvalue weighted by atomic mass is 32.2. The van der Waals surface area contributed by atoms with Crippen molar-refractivity contribution in [3.05, 3.63) is 65.2 Å². The lowest BCUT2D eigenvalue weighted by Crippen LogP contribution is -2.35. The van der Waals surface area contributed by atoms with Crippen molar-refractivity contribution in [2.45, 2.75) is 49.3 Å². The van der Waals surface area contributed by atoms with E-state index in [0.717, 1.165) is 24.2 Å². The molecule has 2 atom stereocenters. The molecule has 2 aromatic carbocycles. The van der Waals surface area contributed by atoms with E-state index in [1.54, 1.807) is 11.8 Å². The van der Waals surface area contributed by atoms with Gasteiger partial charge in [0.25, 0.3) is 0 Å². The second-order valence-electron chi connectivity index (χ2n) is 6.23. The van der Waals surface area contributed by atoms with E-state index in [1.807, 2.05) is 6.92 Å². The molecule has 0 fully saturated rings. The number of nitrogens with one attached hydrogen (secondary N) is 1. The van der Waals surface area contributed by atoms with Crippen LogP contribution in [0, 0.1) is 6.92 Å². The summed E-state index contributed by atoms with van der Waals surface area (Å²) in [6.45, 7) is 4.06. The number of amides is 1. The number of thioether (sulfide) groups is 1. The fraction of sp³-hybridized carbons (Fsp3) is 0.350. The largest absolute Gasteiger partial charge is 0.348 e. The Kier molecular flexibility index (Phi) is 5.06. The van der Waals surface area contributed by atoms with E-state index < -0.39 is 0 Å². The maximum absolute atomic E-state index is 12.6. The Hall–Kier alpha value is -1.74. The van der Waals surface area contributed by atoms with E-state index in [4.69, 9.17) is 0 Å². The first-order valence-corrected chi connectivity index (χ1v) is 9.13. The van der Waals surface area contributed by atoms with Crippen molar-refractivity contribution in [3.8, 4) is 0 Å². The van der Waals surface area contributed by atoms with Crippen LogP contribution < -0.4 is 5.32 Å². The number of hydrogen-bond acceptors (Lipinski definition) is 2. The Balaban J connectivity index is 1.64. The number of benzene rings is 2. The Morgan fingerprint density at radius 3 is 2.70 bits per heavy atom. The van der Waals surface area contributed by atoms with E-state index in [9.17, 15) is 4.79 Å². The molecule has 0 aromatic heterocycles. The average Bonchev–Trinajstić information content (AvgIpc) is 2.57. The van der Waals surface area contributed by atoms with Crippen LogP contribution in [-0.4, -0.2) is 11.2 Å². The molecule has 1 N–H and O–H groups in total. The standard InChI is InChI=1S/C20H23NOS/c1-14-10-12-17(13-11-14)23-15(2)20(22)21-19-9-5-7-16-6-3-4-8-18(16)19/h3-4,6,8,10-13,15,19H,5,7,9H2,1-2H3,(H,21,22)/t15-,19-/m0/s1. The summed E-state index contributed by atoms with van der Waals surface area (Å²) in [5.41, 5.74) is 3.91. The number of carbonyl (C=O) groups is 1. The molecule has 0 saturated heterocycles. The summed E-state index contributed by atoms with van der Waals surface area (Å²) in [7, 11) is 0. The van der Waals surface area contributed by atoms with Gasteiger partial charge in [0.05, 0.1) is 11.3 Å². The van der Waals surface area contributed by atoms with Crippen molar-refractivity contribution in [1.29, 1.82) is 0 Å². The molecule has 0 radical (unpaired) electrons. The zero-order valence-electron chi connectivity index (χ0n) is 13.7. The van der Waals surface area contributed by atoms with Gasteiger partial charge in [-0.25, -0.2) is 0 Å². The van der Waals surface area contributed by atoms with Gasteiger partial charge < -0.3 is 5.32 Å². The molecule has 3 rings (SSSR count). The first-order chi connectivity index (χ1) is 11.1. The molecule has 0 saturated carbocycles. The third-order valence-electron chi connectivity index (χ3n) is 4.39. The molecule has 0 heterocycles. The van der Waals surface area contributed by atoms with Crippen molar-refractivity contribution < 1.29 is 4.79 Å². The molecule has 0 unspecified atom stereocenters. The summed E-state index contributed by atoms with van der Waals surface area (Å²) in [5.74, 6) is 0.122. The minimum Gasteiger partial charge on any atom is -0.348 e. The lowest BCUT2D eigenvalue weighted by Gasteiger charge is -2.27. The van der Waals surface area contributed by atoms with E-state index >= 15 is 0 Å². The zero-order chi connectivity index (χ0) is 16.2. The van der Waals surface area contributed by atoms with Crippen molar-refractivity contribution in [1.82, 2.24) is 5.32 Å². The van der Waals surface area contributed by atoms with E-state index in [1.165, 1.54) is 16.7 Å². The lowest BCUT2D eigenvalue weighted by atomic mass is 9.88. The van der Waals surface area contributed by atoms with Crippen LogP contribution >= 0.6 is 11.8 Å². The first-order valence-electron chi connectivity index (χ1n) is 8.25. The third-order valence-corrected chi connectivity index (χ3v) is 5.50. The van der Waals surface area contributed by atoms with Gasteiger partial charge in [0, 0.05) is 4.90 Å². The van der Waals surface area contributed by atoms with Crippen molar-refractivity contribution in [2.75, 3.05) is 0 Å². The summed E-state index contributed by atoms with van der Waals surface area (Å²) in [6, 6.07) is 17.0. The van der Waals surface area contributed by atoms with Crippen molar-refractivity contribution >= 4 is 17.7 Å². The fourth-order valence-corrected chi connectivity index (χ4v) is 3.94. The molecule has 0 spiro atoms. The molecule has 23 heavy (non-hydrogen) atoms. The second kappa shape index (κ2) is 7.22. The van der Waals surface area contributed by atoms with Crippen LogP contribution in [0.25, 0.3) is 0 Å². The molecule has 0 aliphatic heterocycles. The SMILES string of the molecule is Cc1ccc(S[C@@H](C)C(=O)N[C@H]2CCCc3ccccc32)cc1. The van der Waals surface area contributed by atoms with Crippen LogP contribution in [0.5, 0.6) is 0 Å². The highest BCUT2D eigenvalue weighted by Crippen LogP contribution is 2.30. The predicted octanol–water partition coefficient (Wildman–Crippen LogP) is 4.67. The second-order valence-corrected chi connectivity index (χ2v) is 7.64. The van der Waals surface area contributed by atoms with Gasteiger partial charge in [-0.05, 0) is 56.4 Å². The summed E-state index contributed by atoms with van der Waals surface area (Å²) >= 11 is 1.62. The van der Waals surface area contributed by atoms with Crippen LogP contribution in [0.15, 0.2) is 53.4 Å². The van der Waals surface area contributed by atoms with Gasteiger partial charge in [0.2, 0.25) is 5.91 Å². The number of carbonyl (C=O) groups excluding carboxylic acids is 1. The quantitative estimate of drug-likeness (QED) is 0.828. The maximum atomic E-state index is 12.6. The molecule has 2 aromatic rings. The topological polar surface area (TPSA) is 29.1 Å². The molecular weight excluding hydrogens is 302 g/mol. The average molecular weight is 325 g/mol. The van der Waals surface area contributed by atoms with Gasteiger partial charge in [-0.3, -0.25) is 4.79 Å². The normalized spacial score (nSPS) is 18.1. The molecule has 120 valence electrons. The Morgan fingerprint density at radius 2 is 1.91 bits per heavy atom. The Morgan fingerprint density at radius 1 is 1.17 bits per heavy atom. The summed E-state index contributed by atoms with van der Waals surface area (Å²) in [5, 5.41) is 3.16. The molecular formula is C20H23NOS. The maximum Gasteiger partial charge on any atom is 0.233 e. The minimum atomic E-state index is -0.0909. The highest BCUT2D eigenvalue weighted by Gasteiger charge is 2.23. The van der Waals surface area contributed by atoms with Crippen LogP contribution in [0.1, 0.15) is 42.5 Å². The Bertz CT molecular complexity index is 680. The van der Waals surface area contributed by atoms with E-state index in [2.05, 4.69) is 60.8 Å². The molecule has 1 aliphatic carbocycles. The number of hydrogen-bond donors (Lipinski definition) is 1. The summed E-state index contributed by atoms with van der Waals surface area (Å²) in [6.07, 6.45) is 3.29. The van der Waals surface area contributed by atoms with Gasteiger partial charge in [0.15, 0.2) is 0 Å². The molecule has 1 amide bonds. The number of fused-ring (bicyclic) bond motifs is 1. The van der Waals surface area contributed by atoms with Gasteiger partial charge in [0.1, 0.15) is 0 Å². The zero-order valence-corrected chi connectivity index (χ0v) is 14.5. The van der Waals surface area contributed by atoms with Gasteiger partial charge >= 0.3 is 0 Å². The molecule has 1 aliphatic rings. The summed E-state index contributed by atoms with van der Waals surface area (Å²) < 4.78 is 0. The van der Waals surface area contributed by atoms with Crippen LogP contribution in [0.4, 0.5) is 0 Å². The van der Waals surface area contributed by atoms with Gasteiger partial charge in [-0.15, -0.1) is 11.8 Å². The number of rotatable bonds is 4. The predicted molar refractivity (Wildman–Crippen MR) is 96.8 cm³/mol. The van der Waals surface area contributed by atoms with Crippen LogP contribution in [0.2, 0.25) is 0 Å². The smallest absolute Gasteiger partial charge is 0.233 e. The molecule has 3 heteroatoms. The monoisotopic (exact) mass is 325 g/mol. The molecule has 2 nitrogen and oxygen atoms in total. The van der Waals surface area contributed by atoms with Gasteiger partial charge in [-0.1, -0.05) is 42.0 Å². The fourth-order valence-electron chi connectivity index (χ4n) is 3.07. The van der Waals surface area contributed by atoms with E-state index in [0.29, 0.717) is 0 Å². The highest BCUT2D eigenvalue weighted by molar-refractivity contribution is 8.00. The first kappa shape index (κ1) is 16.1.